The maximum atomic E-state index is 14.1. The van der Waals surface area contributed by atoms with E-state index in [4.69, 9.17) is 0 Å². The summed E-state index contributed by atoms with van der Waals surface area (Å²) >= 11 is 0. The van der Waals surface area contributed by atoms with Crippen molar-refractivity contribution in [3.05, 3.63) is 29.8 Å². The first-order valence-corrected chi connectivity index (χ1v) is 8.39. The van der Waals surface area contributed by atoms with Gasteiger partial charge in [0.1, 0.15) is 11.9 Å². The molecule has 0 aliphatic heterocycles. The first-order valence-electron chi connectivity index (χ1n) is 8.39. The van der Waals surface area contributed by atoms with Crippen molar-refractivity contribution in [1.29, 1.82) is 0 Å². The van der Waals surface area contributed by atoms with Gasteiger partial charge in [-0.1, -0.05) is 31.9 Å². The lowest BCUT2D eigenvalue weighted by Crippen LogP contribution is -2.22. The third-order valence-electron chi connectivity index (χ3n) is 4.70. The van der Waals surface area contributed by atoms with E-state index in [1.165, 1.54) is 12.1 Å². The molecule has 5 heteroatoms. The van der Waals surface area contributed by atoms with Crippen LogP contribution in [0.25, 0.3) is 0 Å². The first kappa shape index (κ1) is 18.1. The zero-order valence-corrected chi connectivity index (χ0v) is 13.4. The van der Waals surface area contributed by atoms with E-state index >= 15 is 0 Å². The number of rotatable bonds is 6. The van der Waals surface area contributed by atoms with E-state index in [-0.39, 0.29) is 11.7 Å². The lowest BCUT2D eigenvalue weighted by Gasteiger charge is -2.30. The van der Waals surface area contributed by atoms with Gasteiger partial charge in [-0.3, -0.25) is 0 Å². The fourth-order valence-electron chi connectivity index (χ4n) is 3.39. The molecule has 23 heavy (non-hydrogen) atoms. The molecule has 0 heterocycles. The molecule has 1 atom stereocenters. The van der Waals surface area contributed by atoms with Crippen LogP contribution < -0.4 is 4.74 Å². The quantitative estimate of drug-likeness (QED) is 0.549. The number of ether oxygens (including phenoxy) is 1. The van der Waals surface area contributed by atoms with Crippen LogP contribution >= 0.6 is 0 Å². The van der Waals surface area contributed by atoms with E-state index in [0.717, 1.165) is 44.1 Å². The van der Waals surface area contributed by atoms with Crippen molar-refractivity contribution in [3.63, 3.8) is 0 Å². The van der Waals surface area contributed by atoms with E-state index in [9.17, 15) is 17.6 Å². The van der Waals surface area contributed by atoms with Crippen molar-refractivity contribution in [2.45, 2.75) is 70.3 Å². The summed E-state index contributed by atoms with van der Waals surface area (Å²) in [5, 5.41) is 0. The highest BCUT2D eigenvalue weighted by Crippen LogP contribution is 2.39. The lowest BCUT2D eigenvalue weighted by atomic mass is 9.76. The number of alkyl halides is 4. The SMILES string of the molecule is CCCCC(F)C1CCC(c2ccc(OC(F)(F)F)cc2)CC1. The Morgan fingerprint density at radius 1 is 1.09 bits per heavy atom. The van der Waals surface area contributed by atoms with Gasteiger partial charge in [0.05, 0.1) is 0 Å². The highest BCUT2D eigenvalue weighted by Gasteiger charge is 2.31. The molecular formula is C18H24F4O. The summed E-state index contributed by atoms with van der Waals surface area (Å²) in [5.41, 5.74) is 1.02. The van der Waals surface area contributed by atoms with E-state index in [1.807, 2.05) is 0 Å². The van der Waals surface area contributed by atoms with Crippen LogP contribution in [0.5, 0.6) is 5.75 Å². The fourth-order valence-corrected chi connectivity index (χ4v) is 3.39. The second-order valence-electron chi connectivity index (χ2n) is 6.39. The minimum absolute atomic E-state index is 0.144. The standard InChI is InChI=1S/C18H24F4O/c1-2-3-4-17(19)15-7-5-13(6-8-15)14-9-11-16(12-10-14)23-18(20,21)22/h9-13,15,17H,2-8H2,1H3. The van der Waals surface area contributed by atoms with Crippen LogP contribution in [-0.2, 0) is 0 Å². The molecule has 1 unspecified atom stereocenters. The predicted molar refractivity (Wildman–Crippen MR) is 82.2 cm³/mol. The van der Waals surface area contributed by atoms with Crippen LogP contribution in [0, 0.1) is 5.92 Å². The minimum atomic E-state index is -4.66. The third-order valence-corrected chi connectivity index (χ3v) is 4.70. The molecule has 0 bridgehead atoms. The molecule has 1 aliphatic rings. The maximum Gasteiger partial charge on any atom is 0.573 e. The molecule has 1 fully saturated rings. The monoisotopic (exact) mass is 332 g/mol. The Bertz CT molecular complexity index is 461. The Hall–Kier alpha value is -1.26. The molecule has 1 nitrogen and oxygen atoms in total. The number of benzene rings is 1. The summed E-state index contributed by atoms with van der Waals surface area (Å²) in [6.07, 6.45) is 0.742. The second-order valence-corrected chi connectivity index (χ2v) is 6.39. The summed E-state index contributed by atoms with van der Waals surface area (Å²) in [4.78, 5) is 0. The Morgan fingerprint density at radius 3 is 2.22 bits per heavy atom. The van der Waals surface area contributed by atoms with Crippen LogP contribution in [0.4, 0.5) is 17.6 Å². The summed E-state index contributed by atoms with van der Waals surface area (Å²) in [6.45, 7) is 2.07. The normalized spacial score (nSPS) is 23.5. The molecule has 130 valence electrons. The molecule has 0 amide bonds. The summed E-state index contributed by atoms with van der Waals surface area (Å²) in [5.74, 6) is 0.258. The maximum absolute atomic E-state index is 14.1. The number of unbranched alkanes of at least 4 members (excludes halogenated alkanes) is 1. The van der Waals surface area contributed by atoms with Crippen molar-refractivity contribution in [2.75, 3.05) is 0 Å². The Morgan fingerprint density at radius 2 is 1.70 bits per heavy atom. The van der Waals surface area contributed by atoms with Gasteiger partial charge in [0, 0.05) is 0 Å². The predicted octanol–water partition coefficient (Wildman–Crippen LogP) is 6.39. The second kappa shape index (κ2) is 8.02. The van der Waals surface area contributed by atoms with Gasteiger partial charge in [-0.05, 0) is 61.6 Å². The van der Waals surface area contributed by atoms with Gasteiger partial charge in [0.15, 0.2) is 0 Å². The van der Waals surface area contributed by atoms with Crippen LogP contribution in [0.2, 0.25) is 0 Å². The highest BCUT2D eigenvalue weighted by atomic mass is 19.4. The molecule has 0 aromatic heterocycles. The highest BCUT2D eigenvalue weighted by molar-refractivity contribution is 5.29. The van der Waals surface area contributed by atoms with Crippen LogP contribution in [0.1, 0.15) is 63.4 Å². The molecule has 1 saturated carbocycles. The van der Waals surface area contributed by atoms with Gasteiger partial charge >= 0.3 is 6.36 Å². The Labute approximate surface area is 135 Å². The molecule has 0 N–H and O–H groups in total. The number of hydrogen-bond acceptors (Lipinski definition) is 1. The van der Waals surface area contributed by atoms with Crippen molar-refractivity contribution < 1.29 is 22.3 Å². The largest absolute Gasteiger partial charge is 0.573 e. The molecule has 1 aromatic rings. The Balaban J connectivity index is 1.85. The van der Waals surface area contributed by atoms with Crippen molar-refractivity contribution >= 4 is 0 Å². The van der Waals surface area contributed by atoms with Crippen LogP contribution in [-0.4, -0.2) is 12.5 Å². The van der Waals surface area contributed by atoms with Gasteiger partial charge in [0.2, 0.25) is 0 Å². The van der Waals surface area contributed by atoms with E-state index in [1.54, 1.807) is 12.1 Å². The van der Waals surface area contributed by atoms with E-state index < -0.39 is 12.5 Å². The van der Waals surface area contributed by atoms with Gasteiger partial charge in [-0.2, -0.15) is 0 Å². The average Bonchev–Trinajstić information content (AvgIpc) is 2.52. The van der Waals surface area contributed by atoms with Gasteiger partial charge in [-0.25, -0.2) is 4.39 Å². The van der Waals surface area contributed by atoms with E-state index in [0.29, 0.717) is 12.3 Å². The number of hydrogen-bond donors (Lipinski definition) is 0. The molecule has 0 saturated heterocycles. The summed E-state index contributed by atoms with van der Waals surface area (Å²) in [7, 11) is 0. The molecular weight excluding hydrogens is 308 g/mol. The van der Waals surface area contributed by atoms with Crippen LogP contribution in [0.3, 0.4) is 0 Å². The van der Waals surface area contributed by atoms with Gasteiger partial charge in [-0.15, -0.1) is 13.2 Å². The third kappa shape index (κ3) is 5.70. The molecule has 1 aromatic carbocycles. The van der Waals surface area contributed by atoms with Crippen molar-refractivity contribution in [2.24, 2.45) is 5.92 Å². The molecule has 1 aliphatic carbocycles. The number of halogens is 4. The molecule has 0 spiro atoms. The lowest BCUT2D eigenvalue weighted by molar-refractivity contribution is -0.274. The first-order chi connectivity index (χ1) is 10.9. The average molecular weight is 332 g/mol. The summed E-state index contributed by atoms with van der Waals surface area (Å²) in [6, 6.07) is 6.09. The van der Waals surface area contributed by atoms with Gasteiger partial charge in [0.25, 0.3) is 0 Å². The smallest absolute Gasteiger partial charge is 0.406 e. The topological polar surface area (TPSA) is 9.23 Å². The van der Waals surface area contributed by atoms with Crippen molar-refractivity contribution in [1.82, 2.24) is 0 Å². The summed E-state index contributed by atoms with van der Waals surface area (Å²) < 4.78 is 54.4. The zero-order chi connectivity index (χ0) is 16.9. The molecule has 0 radical (unpaired) electrons. The Kier molecular flexibility index (Phi) is 6.31. The molecule has 2 rings (SSSR count). The zero-order valence-electron chi connectivity index (χ0n) is 13.4. The van der Waals surface area contributed by atoms with Crippen LogP contribution in [0.15, 0.2) is 24.3 Å². The van der Waals surface area contributed by atoms with Gasteiger partial charge < -0.3 is 4.74 Å². The minimum Gasteiger partial charge on any atom is -0.406 e. The fraction of sp³-hybridized carbons (Fsp3) is 0.667. The van der Waals surface area contributed by atoms with E-state index in [2.05, 4.69) is 11.7 Å². The van der Waals surface area contributed by atoms with Crippen molar-refractivity contribution in [3.8, 4) is 5.75 Å².